The van der Waals surface area contributed by atoms with Crippen LogP contribution in [0.5, 0.6) is 0 Å². The fourth-order valence-electron chi connectivity index (χ4n) is 3.84. The summed E-state index contributed by atoms with van der Waals surface area (Å²) < 4.78 is 1.78. The van der Waals surface area contributed by atoms with Crippen molar-refractivity contribution in [3.63, 3.8) is 0 Å². The summed E-state index contributed by atoms with van der Waals surface area (Å²) in [5.74, 6) is 0. The Morgan fingerprint density at radius 2 is 1.60 bits per heavy atom. The van der Waals surface area contributed by atoms with Crippen molar-refractivity contribution in [2.24, 2.45) is 4.99 Å². The van der Waals surface area contributed by atoms with Gasteiger partial charge in [0.25, 0.3) is 5.56 Å². The Morgan fingerprint density at radius 3 is 2.40 bits per heavy atom. The van der Waals surface area contributed by atoms with Gasteiger partial charge in [-0.2, -0.15) is 0 Å². The zero-order valence-electron chi connectivity index (χ0n) is 16.5. The number of nitrogens with one attached hydrogen (secondary N) is 1. The van der Waals surface area contributed by atoms with E-state index in [2.05, 4.69) is 46.7 Å². The summed E-state index contributed by atoms with van der Waals surface area (Å²) in [6, 6.07) is 26.2. The van der Waals surface area contributed by atoms with E-state index >= 15 is 0 Å². The number of hydrogen-bond acceptors (Lipinski definition) is 3. The van der Waals surface area contributed by atoms with Crippen molar-refractivity contribution in [3.05, 3.63) is 106 Å². The molecule has 4 heteroatoms. The zero-order valence-corrected chi connectivity index (χ0v) is 16.5. The molecule has 0 unspecified atom stereocenters. The Hall–Kier alpha value is -3.92. The Kier molecular flexibility index (Phi) is 4.74. The summed E-state index contributed by atoms with van der Waals surface area (Å²) in [7, 11) is 0. The largest absolute Gasteiger partial charge is 0.382 e. The number of pyridine rings is 1. The molecule has 1 aliphatic rings. The number of hydrogen-bond donors (Lipinski definition) is 1. The highest BCUT2D eigenvalue weighted by Gasteiger charge is 2.18. The number of para-hydroxylation sites is 1. The average molecular weight is 391 g/mol. The maximum Gasteiger partial charge on any atom is 0.266 e. The quantitative estimate of drug-likeness (QED) is 0.499. The molecule has 0 saturated heterocycles. The van der Waals surface area contributed by atoms with Crippen molar-refractivity contribution in [2.75, 3.05) is 18.4 Å². The number of nitrogens with zero attached hydrogens (tertiary/aromatic N) is 2. The molecule has 0 fully saturated rings. The molecule has 4 nitrogen and oxygen atoms in total. The van der Waals surface area contributed by atoms with Crippen LogP contribution in [-0.4, -0.2) is 23.9 Å². The highest BCUT2D eigenvalue weighted by Crippen LogP contribution is 2.29. The molecule has 0 atom stereocenters. The second-order valence-corrected chi connectivity index (χ2v) is 7.25. The first kappa shape index (κ1) is 18.1. The SMILES string of the molecule is O=c1c2c(c3cc(C=Cc4ccccc4)ccc3n1-c1ccccc1)NCCN=C2. The van der Waals surface area contributed by atoms with Crippen LogP contribution in [0.25, 0.3) is 28.7 Å². The van der Waals surface area contributed by atoms with Gasteiger partial charge in [0, 0.05) is 23.8 Å². The normalized spacial score (nSPS) is 13.2. The van der Waals surface area contributed by atoms with Gasteiger partial charge in [-0.3, -0.25) is 14.4 Å². The average Bonchev–Trinajstić information content (AvgIpc) is 3.06. The predicted molar refractivity (Wildman–Crippen MR) is 126 cm³/mol. The van der Waals surface area contributed by atoms with Gasteiger partial charge in [0.15, 0.2) is 0 Å². The maximum absolute atomic E-state index is 13.4. The van der Waals surface area contributed by atoms with Gasteiger partial charge in [-0.1, -0.05) is 66.7 Å². The summed E-state index contributed by atoms with van der Waals surface area (Å²) in [4.78, 5) is 17.8. The number of anilines is 1. The molecule has 0 amide bonds. The van der Waals surface area contributed by atoms with Gasteiger partial charge in [0.1, 0.15) is 0 Å². The number of benzene rings is 3. The van der Waals surface area contributed by atoms with Gasteiger partial charge < -0.3 is 5.32 Å². The Bertz CT molecular complexity index is 1320. The summed E-state index contributed by atoms with van der Waals surface area (Å²) in [6.45, 7) is 1.35. The van der Waals surface area contributed by atoms with Crippen LogP contribution in [0.2, 0.25) is 0 Å². The Morgan fingerprint density at radius 1 is 0.867 bits per heavy atom. The number of rotatable bonds is 3. The van der Waals surface area contributed by atoms with E-state index in [9.17, 15) is 4.79 Å². The highest BCUT2D eigenvalue weighted by molar-refractivity contribution is 6.03. The van der Waals surface area contributed by atoms with E-state index < -0.39 is 0 Å². The van der Waals surface area contributed by atoms with Crippen LogP contribution in [0.15, 0.2) is 88.6 Å². The van der Waals surface area contributed by atoms with Crippen LogP contribution in [0.4, 0.5) is 5.69 Å². The molecular weight excluding hydrogens is 370 g/mol. The highest BCUT2D eigenvalue weighted by atomic mass is 16.1. The molecule has 1 N–H and O–H groups in total. The van der Waals surface area contributed by atoms with Crippen LogP contribution in [0.3, 0.4) is 0 Å². The number of aliphatic imine (C=N–C) groups is 1. The Labute approximate surface area is 174 Å². The third-order valence-electron chi connectivity index (χ3n) is 5.28. The van der Waals surface area contributed by atoms with E-state index in [-0.39, 0.29) is 5.56 Å². The topological polar surface area (TPSA) is 46.4 Å². The zero-order chi connectivity index (χ0) is 20.3. The second-order valence-electron chi connectivity index (χ2n) is 7.25. The van der Waals surface area contributed by atoms with Crippen molar-refractivity contribution < 1.29 is 0 Å². The van der Waals surface area contributed by atoms with Crippen LogP contribution in [0, 0.1) is 0 Å². The third-order valence-corrected chi connectivity index (χ3v) is 5.28. The van der Waals surface area contributed by atoms with Crippen molar-refractivity contribution in [1.82, 2.24) is 4.57 Å². The molecule has 1 aromatic heterocycles. The van der Waals surface area contributed by atoms with Gasteiger partial charge in [-0.05, 0) is 35.4 Å². The summed E-state index contributed by atoms with van der Waals surface area (Å²) in [5, 5.41) is 4.44. The van der Waals surface area contributed by atoms with Gasteiger partial charge in [0.05, 0.1) is 23.3 Å². The number of aromatic nitrogens is 1. The molecule has 0 bridgehead atoms. The molecule has 0 spiro atoms. The molecular formula is C26H21N3O. The molecule has 2 heterocycles. The lowest BCUT2D eigenvalue weighted by Crippen LogP contribution is -2.24. The second kappa shape index (κ2) is 7.84. The lowest BCUT2D eigenvalue weighted by Gasteiger charge is -2.17. The smallest absolute Gasteiger partial charge is 0.266 e. The summed E-state index contributed by atoms with van der Waals surface area (Å²) >= 11 is 0. The third kappa shape index (κ3) is 3.33. The molecule has 0 radical (unpaired) electrons. The molecule has 3 aromatic carbocycles. The van der Waals surface area contributed by atoms with E-state index in [1.54, 1.807) is 10.8 Å². The van der Waals surface area contributed by atoms with Crippen molar-refractivity contribution in [2.45, 2.75) is 0 Å². The fraction of sp³-hybridized carbons (Fsp3) is 0.0769. The first-order valence-electron chi connectivity index (χ1n) is 10.1. The van der Waals surface area contributed by atoms with E-state index in [1.165, 1.54) is 0 Å². The van der Waals surface area contributed by atoms with Crippen molar-refractivity contribution >= 4 is 35.0 Å². The van der Waals surface area contributed by atoms with Gasteiger partial charge in [0.2, 0.25) is 0 Å². The molecule has 0 aliphatic carbocycles. The first-order valence-corrected chi connectivity index (χ1v) is 10.1. The van der Waals surface area contributed by atoms with Crippen molar-refractivity contribution in [3.8, 4) is 5.69 Å². The minimum absolute atomic E-state index is 0.0607. The van der Waals surface area contributed by atoms with Crippen LogP contribution >= 0.6 is 0 Å². The first-order chi connectivity index (χ1) is 14.8. The van der Waals surface area contributed by atoms with Crippen LogP contribution in [0.1, 0.15) is 16.7 Å². The summed E-state index contributed by atoms with van der Waals surface area (Å²) in [6.07, 6.45) is 5.91. The monoisotopic (exact) mass is 391 g/mol. The van der Waals surface area contributed by atoms with E-state index in [1.807, 2.05) is 54.6 Å². The lowest BCUT2D eigenvalue weighted by molar-refractivity contribution is 1.03. The molecule has 4 aromatic rings. The number of fused-ring (bicyclic) bond motifs is 3. The van der Waals surface area contributed by atoms with E-state index in [4.69, 9.17) is 0 Å². The molecule has 5 rings (SSSR count). The maximum atomic E-state index is 13.4. The molecule has 0 saturated carbocycles. The predicted octanol–water partition coefficient (Wildman–Crippen LogP) is 5.01. The lowest BCUT2D eigenvalue weighted by atomic mass is 10.0. The van der Waals surface area contributed by atoms with Gasteiger partial charge >= 0.3 is 0 Å². The van der Waals surface area contributed by atoms with E-state index in [0.29, 0.717) is 18.7 Å². The van der Waals surface area contributed by atoms with Gasteiger partial charge in [-0.15, -0.1) is 0 Å². The molecule has 146 valence electrons. The summed E-state index contributed by atoms with van der Waals surface area (Å²) in [5.41, 5.74) is 5.36. The minimum atomic E-state index is -0.0607. The minimum Gasteiger partial charge on any atom is -0.382 e. The Balaban J connectivity index is 1.74. The van der Waals surface area contributed by atoms with Crippen LogP contribution < -0.4 is 10.9 Å². The molecule has 30 heavy (non-hydrogen) atoms. The fourth-order valence-corrected chi connectivity index (χ4v) is 3.84. The van der Waals surface area contributed by atoms with Gasteiger partial charge in [-0.25, -0.2) is 0 Å². The van der Waals surface area contributed by atoms with Crippen molar-refractivity contribution in [1.29, 1.82) is 0 Å². The molecule has 1 aliphatic heterocycles. The van der Waals surface area contributed by atoms with Crippen LogP contribution in [-0.2, 0) is 0 Å². The van der Waals surface area contributed by atoms with E-state index in [0.717, 1.165) is 33.4 Å². The standard InChI is InChI=1S/C26H21N3O/c30-26-23-18-27-15-16-28-25(23)22-17-20(12-11-19-7-3-1-4-8-19)13-14-24(22)29(26)21-9-5-2-6-10-21/h1-14,17-18,28H,15-16H2.